The molecule has 0 aliphatic heterocycles. The lowest BCUT2D eigenvalue weighted by Crippen LogP contribution is -2.29. The lowest BCUT2D eigenvalue weighted by atomic mass is 10.3. The summed E-state index contributed by atoms with van der Waals surface area (Å²) >= 11 is 0. The van der Waals surface area contributed by atoms with Crippen LogP contribution in [0.25, 0.3) is 0 Å². The van der Waals surface area contributed by atoms with Gasteiger partial charge in [-0.1, -0.05) is 0 Å². The summed E-state index contributed by atoms with van der Waals surface area (Å²) < 4.78 is 1.92. The molecule has 1 aromatic rings. The highest BCUT2D eigenvalue weighted by Gasteiger charge is 2.03. The van der Waals surface area contributed by atoms with Crippen molar-refractivity contribution in [1.82, 2.24) is 25.0 Å². The summed E-state index contributed by atoms with van der Waals surface area (Å²) in [6, 6.07) is 0.623. The number of aryl methyl sites for hydroxylation is 1. The largest absolute Gasteiger partial charge is 0.310 e. The number of hydrogen-bond donors (Lipinski definition) is 1. The minimum Gasteiger partial charge on any atom is -0.310 e. The fraction of sp³-hybridized carbons (Fsp3) is 0.833. The van der Waals surface area contributed by atoms with Crippen LogP contribution in [0.2, 0.25) is 0 Å². The second kappa shape index (κ2) is 7.40. The molecule has 0 aromatic carbocycles. The minimum absolute atomic E-state index is 0.623. The van der Waals surface area contributed by atoms with Gasteiger partial charge in [0.2, 0.25) is 0 Å². The zero-order valence-electron chi connectivity index (χ0n) is 11.5. The molecule has 0 atom stereocenters. The van der Waals surface area contributed by atoms with Gasteiger partial charge in [-0.3, -0.25) is 0 Å². The third kappa shape index (κ3) is 4.83. The van der Waals surface area contributed by atoms with Crippen LogP contribution in [0.5, 0.6) is 0 Å². The van der Waals surface area contributed by atoms with E-state index < -0.39 is 0 Å². The predicted octanol–water partition coefficient (Wildman–Crippen LogP) is 1.12. The quantitative estimate of drug-likeness (QED) is 0.691. The van der Waals surface area contributed by atoms with Crippen molar-refractivity contribution < 1.29 is 0 Å². The van der Waals surface area contributed by atoms with E-state index in [-0.39, 0.29) is 0 Å². The first kappa shape index (κ1) is 14.1. The maximum atomic E-state index is 4.23. The van der Waals surface area contributed by atoms with Crippen LogP contribution in [0, 0.1) is 0 Å². The Morgan fingerprint density at radius 2 is 2.24 bits per heavy atom. The Kier molecular flexibility index (Phi) is 6.15. The van der Waals surface area contributed by atoms with Crippen molar-refractivity contribution in [2.45, 2.75) is 46.3 Å². The van der Waals surface area contributed by atoms with Gasteiger partial charge in [-0.2, -0.15) is 5.10 Å². The Labute approximate surface area is 104 Å². The molecule has 0 fully saturated rings. The third-order valence-electron chi connectivity index (χ3n) is 3.02. The fourth-order valence-electron chi connectivity index (χ4n) is 1.60. The van der Waals surface area contributed by atoms with Crippen molar-refractivity contribution in [2.75, 3.05) is 20.1 Å². The molecule has 0 amide bonds. The highest BCUT2D eigenvalue weighted by Crippen LogP contribution is 1.95. The van der Waals surface area contributed by atoms with Crippen molar-refractivity contribution in [3.63, 3.8) is 0 Å². The van der Waals surface area contributed by atoms with Gasteiger partial charge in [0.25, 0.3) is 0 Å². The van der Waals surface area contributed by atoms with Gasteiger partial charge in [0, 0.05) is 12.6 Å². The molecule has 0 spiro atoms. The minimum atomic E-state index is 0.623. The lowest BCUT2D eigenvalue weighted by molar-refractivity contribution is 0.269. The maximum Gasteiger partial charge on any atom is 0.140 e. The van der Waals surface area contributed by atoms with Gasteiger partial charge in [-0.25, -0.2) is 9.67 Å². The first-order chi connectivity index (χ1) is 8.15. The Balaban J connectivity index is 2.12. The molecule has 0 unspecified atom stereocenters. The van der Waals surface area contributed by atoms with Crippen LogP contribution >= 0.6 is 0 Å². The van der Waals surface area contributed by atoms with Gasteiger partial charge in [0.05, 0.1) is 6.54 Å². The Morgan fingerprint density at radius 1 is 1.47 bits per heavy atom. The molecule has 1 rings (SSSR count). The van der Waals surface area contributed by atoms with E-state index in [0.717, 1.165) is 38.4 Å². The van der Waals surface area contributed by atoms with E-state index in [1.165, 1.54) is 0 Å². The highest BCUT2D eigenvalue weighted by atomic mass is 15.3. The second-order valence-corrected chi connectivity index (χ2v) is 4.60. The summed E-state index contributed by atoms with van der Waals surface area (Å²) in [6.07, 6.45) is 2.78. The molecule has 1 heterocycles. The van der Waals surface area contributed by atoms with Crippen LogP contribution < -0.4 is 5.32 Å². The number of aromatic nitrogens is 3. The van der Waals surface area contributed by atoms with E-state index in [1.54, 1.807) is 6.33 Å². The summed E-state index contributed by atoms with van der Waals surface area (Å²) in [6.45, 7) is 10.4. The zero-order chi connectivity index (χ0) is 12.7. The van der Waals surface area contributed by atoms with E-state index in [0.29, 0.717) is 6.04 Å². The molecule has 17 heavy (non-hydrogen) atoms. The molecule has 98 valence electrons. The van der Waals surface area contributed by atoms with Crippen LogP contribution in [-0.4, -0.2) is 45.8 Å². The summed E-state index contributed by atoms with van der Waals surface area (Å²) in [7, 11) is 2.17. The molecule has 5 nitrogen and oxygen atoms in total. The standard InChI is InChI=1S/C12H25N5/c1-5-17-12(14-10-15-17)9-13-7-6-8-16(4)11(2)3/h10-11,13H,5-9H2,1-4H3. The molecule has 0 saturated carbocycles. The van der Waals surface area contributed by atoms with Crippen molar-refractivity contribution in [2.24, 2.45) is 0 Å². The predicted molar refractivity (Wildman–Crippen MR) is 69.8 cm³/mol. The maximum absolute atomic E-state index is 4.23. The third-order valence-corrected chi connectivity index (χ3v) is 3.02. The van der Waals surface area contributed by atoms with Gasteiger partial charge in [0.15, 0.2) is 0 Å². The second-order valence-electron chi connectivity index (χ2n) is 4.60. The summed E-state index contributed by atoms with van der Waals surface area (Å²) in [4.78, 5) is 6.58. The van der Waals surface area contributed by atoms with Gasteiger partial charge >= 0.3 is 0 Å². The highest BCUT2D eigenvalue weighted by molar-refractivity contribution is 4.83. The average Bonchev–Trinajstić information content (AvgIpc) is 2.75. The molecule has 0 aliphatic rings. The summed E-state index contributed by atoms with van der Waals surface area (Å²) in [5.74, 6) is 1.02. The molecular weight excluding hydrogens is 214 g/mol. The first-order valence-electron chi connectivity index (χ1n) is 6.42. The van der Waals surface area contributed by atoms with Gasteiger partial charge in [-0.05, 0) is 47.3 Å². The Bertz CT molecular complexity index is 308. The first-order valence-corrected chi connectivity index (χ1v) is 6.42. The van der Waals surface area contributed by atoms with Crippen LogP contribution in [-0.2, 0) is 13.1 Å². The molecule has 1 aromatic heterocycles. The normalized spacial score (nSPS) is 11.6. The van der Waals surface area contributed by atoms with Crippen LogP contribution in [0.15, 0.2) is 6.33 Å². The van der Waals surface area contributed by atoms with Crippen molar-refractivity contribution in [3.8, 4) is 0 Å². The lowest BCUT2D eigenvalue weighted by Gasteiger charge is -2.20. The molecule has 1 N–H and O–H groups in total. The van der Waals surface area contributed by atoms with E-state index in [4.69, 9.17) is 0 Å². The number of rotatable bonds is 8. The van der Waals surface area contributed by atoms with Gasteiger partial charge in [0.1, 0.15) is 12.2 Å². The monoisotopic (exact) mass is 239 g/mol. The summed E-state index contributed by atoms with van der Waals surface area (Å²) in [5, 5.41) is 7.55. The Hall–Kier alpha value is -0.940. The van der Waals surface area contributed by atoms with Crippen molar-refractivity contribution >= 4 is 0 Å². The van der Waals surface area contributed by atoms with Gasteiger partial charge in [-0.15, -0.1) is 0 Å². The van der Waals surface area contributed by atoms with Crippen molar-refractivity contribution in [1.29, 1.82) is 0 Å². The summed E-state index contributed by atoms with van der Waals surface area (Å²) in [5.41, 5.74) is 0. The molecular formula is C12H25N5. The molecule has 0 radical (unpaired) electrons. The molecule has 0 aliphatic carbocycles. The van der Waals surface area contributed by atoms with E-state index in [2.05, 4.69) is 48.1 Å². The number of nitrogens with one attached hydrogen (secondary N) is 1. The molecule has 0 saturated heterocycles. The van der Waals surface area contributed by atoms with Crippen molar-refractivity contribution in [3.05, 3.63) is 12.2 Å². The topological polar surface area (TPSA) is 46.0 Å². The van der Waals surface area contributed by atoms with Crippen LogP contribution in [0.4, 0.5) is 0 Å². The fourth-order valence-corrected chi connectivity index (χ4v) is 1.60. The van der Waals surface area contributed by atoms with E-state index in [9.17, 15) is 0 Å². The zero-order valence-corrected chi connectivity index (χ0v) is 11.5. The molecule has 5 heteroatoms. The smallest absolute Gasteiger partial charge is 0.140 e. The van der Waals surface area contributed by atoms with Crippen LogP contribution in [0.3, 0.4) is 0 Å². The van der Waals surface area contributed by atoms with Crippen LogP contribution in [0.1, 0.15) is 33.0 Å². The van der Waals surface area contributed by atoms with E-state index >= 15 is 0 Å². The van der Waals surface area contributed by atoms with E-state index in [1.807, 2.05) is 4.68 Å². The Morgan fingerprint density at radius 3 is 2.88 bits per heavy atom. The average molecular weight is 239 g/mol. The number of nitrogens with zero attached hydrogens (tertiary/aromatic N) is 4. The number of hydrogen-bond acceptors (Lipinski definition) is 4. The SMILES string of the molecule is CCn1ncnc1CNCCCN(C)C(C)C. The van der Waals surface area contributed by atoms with Gasteiger partial charge < -0.3 is 10.2 Å². The molecule has 0 bridgehead atoms.